The number of aromatic nitrogens is 3. The summed E-state index contributed by atoms with van der Waals surface area (Å²) in [6.07, 6.45) is 5.61. The van der Waals surface area contributed by atoms with Gasteiger partial charge in [-0.05, 0) is 48.6 Å². The summed E-state index contributed by atoms with van der Waals surface area (Å²) in [6.45, 7) is 1.01. The molecule has 3 aromatic heterocycles. The zero-order valence-corrected chi connectivity index (χ0v) is 13.8. The standard InChI is InChI=1S/C19H20FN5/c20-14-9-21-10-16(14)24-18-3-1-2-15(23-18)17-11-22-19-8-13(12-4-5-12)6-7-25(17)19/h1-3,6-8,11-12,14,16,21H,4-5,9-10H2,(H,23,24)/t14-,16-/m0/s1. The summed E-state index contributed by atoms with van der Waals surface area (Å²) >= 11 is 0. The average Bonchev–Trinajstić information content (AvgIpc) is 3.28. The van der Waals surface area contributed by atoms with Crippen LogP contribution in [-0.2, 0) is 0 Å². The smallest absolute Gasteiger partial charge is 0.137 e. The van der Waals surface area contributed by atoms with Gasteiger partial charge in [-0.1, -0.05) is 6.07 Å². The van der Waals surface area contributed by atoms with Gasteiger partial charge >= 0.3 is 0 Å². The van der Waals surface area contributed by atoms with Crippen LogP contribution in [0.1, 0.15) is 24.3 Å². The van der Waals surface area contributed by atoms with Crippen LogP contribution >= 0.6 is 0 Å². The SMILES string of the molecule is F[C@H]1CNC[C@@H]1Nc1cccc(-c2cnc3cc(C4CC4)ccn23)n1. The van der Waals surface area contributed by atoms with Crippen LogP contribution in [0.15, 0.2) is 42.7 Å². The fraction of sp³-hybridized carbons (Fsp3) is 0.368. The van der Waals surface area contributed by atoms with Gasteiger partial charge in [0.15, 0.2) is 0 Å². The summed E-state index contributed by atoms with van der Waals surface area (Å²) in [5.41, 5.74) is 4.10. The summed E-state index contributed by atoms with van der Waals surface area (Å²) in [7, 11) is 0. The third kappa shape index (κ3) is 2.76. The Morgan fingerprint density at radius 3 is 2.92 bits per heavy atom. The molecule has 1 aliphatic heterocycles. The molecule has 25 heavy (non-hydrogen) atoms. The molecule has 5 nitrogen and oxygen atoms in total. The highest BCUT2D eigenvalue weighted by molar-refractivity contribution is 5.62. The molecule has 2 aliphatic rings. The number of pyridine rings is 2. The number of hydrogen-bond donors (Lipinski definition) is 2. The van der Waals surface area contributed by atoms with Crippen LogP contribution in [0.25, 0.3) is 17.0 Å². The Balaban J connectivity index is 1.46. The molecule has 6 heteroatoms. The van der Waals surface area contributed by atoms with Crippen LogP contribution in [0.5, 0.6) is 0 Å². The first kappa shape index (κ1) is 14.8. The maximum Gasteiger partial charge on any atom is 0.137 e. The minimum Gasteiger partial charge on any atom is -0.363 e. The van der Waals surface area contributed by atoms with E-state index in [1.807, 2.05) is 24.4 Å². The first-order chi connectivity index (χ1) is 12.3. The average molecular weight is 337 g/mol. The summed E-state index contributed by atoms with van der Waals surface area (Å²) in [6, 6.07) is 9.90. The first-order valence-corrected chi connectivity index (χ1v) is 8.84. The molecule has 3 aromatic rings. The number of nitrogens with zero attached hydrogens (tertiary/aromatic N) is 3. The van der Waals surface area contributed by atoms with Crippen molar-refractivity contribution in [1.82, 2.24) is 19.7 Å². The molecule has 0 unspecified atom stereocenters. The lowest BCUT2D eigenvalue weighted by molar-refractivity contribution is 0.342. The van der Waals surface area contributed by atoms with Crippen LogP contribution in [0.4, 0.5) is 10.2 Å². The number of imidazole rings is 1. The van der Waals surface area contributed by atoms with Gasteiger partial charge in [-0.25, -0.2) is 14.4 Å². The molecule has 1 aliphatic carbocycles. The number of hydrogen-bond acceptors (Lipinski definition) is 4. The number of anilines is 1. The van der Waals surface area contributed by atoms with Gasteiger partial charge < -0.3 is 10.6 Å². The van der Waals surface area contributed by atoms with E-state index in [4.69, 9.17) is 0 Å². The van der Waals surface area contributed by atoms with Crippen LogP contribution in [0.3, 0.4) is 0 Å². The molecule has 5 rings (SSSR count). The minimum absolute atomic E-state index is 0.231. The highest BCUT2D eigenvalue weighted by Crippen LogP contribution is 2.40. The Morgan fingerprint density at radius 2 is 2.12 bits per heavy atom. The van der Waals surface area contributed by atoms with Gasteiger partial charge in [0.1, 0.15) is 17.6 Å². The lowest BCUT2D eigenvalue weighted by Gasteiger charge is -2.15. The summed E-state index contributed by atoms with van der Waals surface area (Å²) in [5.74, 6) is 1.41. The summed E-state index contributed by atoms with van der Waals surface area (Å²) in [4.78, 5) is 9.21. The van der Waals surface area contributed by atoms with E-state index in [9.17, 15) is 4.39 Å². The topological polar surface area (TPSA) is 54.2 Å². The van der Waals surface area contributed by atoms with E-state index in [1.165, 1.54) is 18.4 Å². The van der Waals surface area contributed by atoms with Crippen molar-refractivity contribution in [2.75, 3.05) is 18.4 Å². The Kier molecular flexibility index (Phi) is 3.45. The third-order valence-corrected chi connectivity index (χ3v) is 5.07. The Hall–Kier alpha value is -2.47. The molecule has 0 spiro atoms. The van der Waals surface area contributed by atoms with Crippen molar-refractivity contribution in [3.63, 3.8) is 0 Å². The van der Waals surface area contributed by atoms with Crippen LogP contribution in [0.2, 0.25) is 0 Å². The molecule has 0 bridgehead atoms. The number of nitrogens with one attached hydrogen (secondary N) is 2. The molecule has 1 saturated heterocycles. The molecular formula is C19H20FN5. The highest BCUT2D eigenvalue weighted by atomic mass is 19.1. The quantitative estimate of drug-likeness (QED) is 0.768. The van der Waals surface area contributed by atoms with Crippen LogP contribution in [0, 0.1) is 0 Å². The zero-order valence-electron chi connectivity index (χ0n) is 13.8. The van der Waals surface area contributed by atoms with E-state index in [-0.39, 0.29) is 6.04 Å². The van der Waals surface area contributed by atoms with E-state index in [0.717, 1.165) is 17.0 Å². The van der Waals surface area contributed by atoms with Gasteiger partial charge in [-0.2, -0.15) is 0 Å². The monoisotopic (exact) mass is 337 g/mol. The fourth-order valence-corrected chi connectivity index (χ4v) is 3.49. The fourth-order valence-electron chi connectivity index (χ4n) is 3.49. The van der Waals surface area contributed by atoms with Crippen LogP contribution < -0.4 is 10.6 Å². The maximum absolute atomic E-state index is 13.8. The molecule has 4 heterocycles. The van der Waals surface area contributed by atoms with Crippen molar-refractivity contribution < 1.29 is 4.39 Å². The zero-order chi connectivity index (χ0) is 16.8. The van der Waals surface area contributed by atoms with Gasteiger partial charge in [0.25, 0.3) is 0 Å². The number of fused-ring (bicyclic) bond motifs is 1. The summed E-state index contributed by atoms with van der Waals surface area (Å²) in [5, 5.41) is 6.24. The van der Waals surface area contributed by atoms with E-state index in [2.05, 4.69) is 43.3 Å². The normalized spacial score (nSPS) is 23.2. The molecule has 2 atom stereocenters. The first-order valence-electron chi connectivity index (χ1n) is 8.84. The lowest BCUT2D eigenvalue weighted by atomic mass is 10.2. The van der Waals surface area contributed by atoms with Gasteiger partial charge in [-0.3, -0.25) is 4.40 Å². The summed E-state index contributed by atoms with van der Waals surface area (Å²) < 4.78 is 15.9. The van der Waals surface area contributed by atoms with E-state index in [1.54, 1.807) is 0 Å². The second-order valence-electron chi connectivity index (χ2n) is 6.94. The third-order valence-electron chi connectivity index (χ3n) is 5.07. The molecule has 0 radical (unpaired) electrons. The molecule has 0 amide bonds. The van der Waals surface area contributed by atoms with Gasteiger partial charge in [-0.15, -0.1) is 0 Å². The van der Waals surface area contributed by atoms with E-state index >= 15 is 0 Å². The van der Waals surface area contributed by atoms with Crippen molar-refractivity contribution in [1.29, 1.82) is 0 Å². The number of rotatable bonds is 4. The maximum atomic E-state index is 13.8. The van der Waals surface area contributed by atoms with Gasteiger partial charge in [0.05, 0.1) is 23.6 Å². The van der Waals surface area contributed by atoms with E-state index in [0.29, 0.717) is 24.8 Å². The van der Waals surface area contributed by atoms with Gasteiger partial charge in [0, 0.05) is 19.3 Å². The number of alkyl halides is 1. The van der Waals surface area contributed by atoms with Crippen molar-refractivity contribution in [3.05, 3.63) is 48.3 Å². The number of halogens is 1. The van der Waals surface area contributed by atoms with Crippen molar-refractivity contribution >= 4 is 11.5 Å². The predicted molar refractivity (Wildman–Crippen MR) is 95.6 cm³/mol. The van der Waals surface area contributed by atoms with Crippen LogP contribution in [-0.4, -0.2) is 39.7 Å². The molecule has 2 N–H and O–H groups in total. The van der Waals surface area contributed by atoms with E-state index < -0.39 is 6.17 Å². The Morgan fingerprint density at radius 1 is 1.20 bits per heavy atom. The second kappa shape index (κ2) is 5.81. The molecule has 128 valence electrons. The van der Waals surface area contributed by atoms with Crippen molar-refractivity contribution in [2.45, 2.75) is 31.0 Å². The minimum atomic E-state index is -0.887. The van der Waals surface area contributed by atoms with Crippen molar-refractivity contribution in [2.24, 2.45) is 0 Å². The lowest BCUT2D eigenvalue weighted by Crippen LogP contribution is -2.29. The molecule has 2 fully saturated rings. The highest BCUT2D eigenvalue weighted by Gasteiger charge is 2.27. The molecular weight excluding hydrogens is 317 g/mol. The Bertz CT molecular complexity index is 917. The predicted octanol–water partition coefficient (Wildman–Crippen LogP) is 3.00. The van der Waals surface area contributed by atoms with Gasteiger partial charge in [0.2, 0.25) is 0 Å². The van der Waals surface area contributed by atoms with Crippen molar-refractivity contribution in [3.8, 4) is 11.4 Å². The Labute approximate surface area is 145 Å². The molecule has 1 saturated carbocycles. The largest absolute Gasteiger partial charge is 0.363 e. The molecule has 0 aromatic carbocycles. The second-order valence-corrected chi connectivity index (χ2v) is 6.94.